The maximum Gasteiger partial charge on any atom is 0.245 e. The molecule has 0 aromatic heterocycles. The highest BCUT2D eigenvalue weighted by atomic mass is 35.5. The lowest BCUT2D eigenvalue weighted by Gasteiger charge is -2.05. The van der Waals surface area contributed by atoms with Gasteiger partial charge in [0.25, 0.3) is 0 Å². The van der Waals surface area contributed by atoms with Crippen LogP contribution in [0.1, 0.15) is 5.56 Å². The molecular formula is C15H11ClO2. The summed E-state index contributed by atoms with van der Waals surface area (Å²) < 4.78 is 5.64. The molecule has 0 atom stereocenters. The lowest BCUT2D eigenvalue weighted by Crippen LogP contribution is -1.83. The van der Waals surface area contributed by atoms with Gasteiger partial charge in [-0.05, 0) is 47.5 Å². The van der Waals surface area contributed by atoms with Gasteiger partial charge in [-0.25, -0.2) is 0 Å². The second-order valence-corrected chi connectivity index (χ2v) is 3.99. The van der Waals surface area contributed by atoms with Crippen molar-refractivity contribution in [3.63, 3.8) is 0 Å². The minimum absolute atomic E-state index is 0.486. The van der Waals surface area contributed by atoms with Crippen molar-refractivity contribution in [2.24, 2.45) is 0 Å². The van der Waals surface area contributed by atoms with Crippen LogP contribution in [-0.4, -0.2) is 5.24 Å². The largest absolute Gasteiger partial charge is 0.457 e. The molecule has 0 aliphatic carbocycles. The molecule has 2 rings (SSSR count). The first-order valence-corrected chi connectivity index (χ1v) is 5.82. The fourth-order valence-electron chi connectivity index (χ4n) is 1.43. The second-order valence-electron chi connectivity index (χ2n) is 3.62. The van der Waals surface area contributed by atoms with E-state index >= 15 is 0 Å². The van der Waals surface area contributed by atoms with E-state index in [-0.39, 0.29) is 0 Å². The van der Waals surface area contributed by atoms with Gasteiger partial charge >= 0.3 is 0 Å². The van der Waals surface area contributed by atoms with E-state index in [0.29, 0.717) is 0 Å². The molecule has 0 unspecified atom stereocenters. The monoisotopic (exact) mass is 258 g/mol. The van der Waals surface area contributed by atoms with Crippen LogP contribution in [0.5, 0.6) is 11.5 Å². The van der Waals surface area contributed by atoms with Gasteiger partial charge in [0.1, 0.15) is 11.5 Å². The summed E-state index contributed by atoms with van der Waals surface area (Å²) in [7, 11) is 0. The Morgan fingerprint density at radius 2 is 1.56 bits per heavy atom. The van der Waals surface area contributed by atoms with Crippen LogP contribution in [0.15, 0.2) is 60.7 Å². The van der Waals surface area contributed by atoms with E-state index in [9.17, 15) is 4.79 Å². The summed E-state index contributed by atoms with van der Waals surface area (Å²) in [4.78, 5) is 10.6. The van der Waals surface area contributed by atoms with Gasteiger partial charge in [0.05, 0.1) is 0 Å². The lowest BCUT2D eigenvalue weighted by molar-refractivity contribution is -0.107. The van der Waals surface area contributed by atoms with Gasteiger partial charge in [0.2, 0.25) is 5.24 Å². The number of benzene rings is 2. The number of ether oxygens (including phenoxy) is 1. The van der Waals surface area contributed by atoms with Gasteiger partial charge in [0, 0.05) is 0 Å². The molecule has 18 heavy (non-hydrogen) atoms. The Labute approximate surface area is 110 Å². The SMILES string of the molecule is O=C(Cl)C=Cc1ccc(Oc2ccccc2)cc1. The molecule has 2 aromatic rings. The van der Waals surface area contributed by atoms with E-state index in [1.165, 1.54) is 6.08 Å². The Balaban J connectivity index is 2.06. The molecule has 3 heteroatoms. The van der Waals surface area contributed by atoms with Gasteiger partial charge in [-0.15, -0.1) is 0 Å². The van der Waals surface area contributed by atoms with E-state index in [1.807, 2.05) is 54.6 Å². The van der Waals surface area contributed by atoms with Crippen molar-refractivity contribution in [2.45, 2.75) is 0 Å². The van der Waals surface area contributed by atoms with Crippen molar-refractivity contribution in [1.29, 1.82) is 0 Å². The van der Waals surface area contributed by atoms with Crippen molar-refractivity contribution >= 4 is 22.9 Å². The highest BCUT2D eigenvalue weighted by molar-refractivity contribution is 6.66. The fraction of sp³-hybridized carbons (Fsp3) is 0. The van der Waals surface area contributed by atoms with Crippen LogP contribution in [0.3, 0.4) is 0 Å². The van der Waals surface area contributed by atoms with E-state index in [1.54, 1.807) is 6.08 Å². The summed E-state index contributed by atoms with van der Waals surface area (Å²) >= 11 is 5.22. The first-order chi connectivity index (χ1) is 8.74. The minimum atomic E-state index is -0.486. The van der Waals surface area contributed by atoms with Crippen LogP contribution in [0.25, 0.3) is 6.08 Å². The van der Waals surface area contributed by atoms with Gasteiger partial charge in [-0.3, -0.25) is 4.79 Å². The van der Waals surface area contributed by atoms with Crippen molar-refractivity contribution in [1.82, 2.24) is 0 Å². The van der Waals surface area contributed by atoms with Crippen LogP contribution >= 0.6 is 11.6 Å². The fourth-order valence-corrected chi connectivity index (χ4v) is 1.50. The first kappa shape index (κ1) is 12.4. The van der Waals surface area contributed by atoms with Crippen molar-refractivity contribution in [2.75, 3.05) is 0 Å². The number of allylic oxidation sites excluding steroid dienone is 1. The molecule has 0 saturated heterocycles. The molecule has 0 amide bonds. The summed E-state index contributed by atoms with van der Waals surface area (Å²) in [5.74, 6) is 1.53. The second kappa shape index (κ2) is 6.03. The van der Waals surface area contributed by atoms with Gasteiger partial charge < -0.3 is 4.74 Å². The molecular weight excluding hydrogens is 248 g/mol. The van der Waals surface area contributed by atoms with Crippen LogP contribution in [0.4, 0.5) is 0 Å². The number of carbonyl (C=O) groups is 1. The van der Waals surface area contributed by atoms with Gasteiger partial charge in [-0.1, -0.05) is 36.4 Å². The first-order valence-electron chi connectivity index (χ1n) is 5.44. The molecule has 0 spiro atoms. The smallest absolute Gasteiger partial charge is 0.245 e. The van der Waals surface area contributed by atoms with E-state index in [0.717, 1.165) is 17.1 Å². The van der Waals surface area contributed by atoms with Gasteiger partial charge in [0.15, 0.2) is 0 Å². The van der Waals surface area contributed by atoms with Crippen molar-refractivity contribution < 1.29 is 9.53 Å². The summed E-state index contributed by atoms with van der Waals surface area (Å²) in [5, 5.41) is -0.486. The predicted octanol–water partition coefficient (Wildman–Crippen LogP) is 4.26. The normalized spacial score (nSPS) is 10.5. The molecule has 2 aromatic carbocycles. The highest BCUT2D eigenvalue weighted by Gasteiger charge is 1.96. The third-order valence-corrected chi connectivity index (χ3v) is 2.39. The molecule has 0 radical (unpaired) electrons. The van der Waals surface area contributed by atoms with Crippen molar-refractivity contribution in [3.05, 3.63) is 66.2 Å². The zero-order chi connectivity index (χ0) is 12.8. The maximum atomic E-state index is 10.6. The molecule has 90 valence electrons. The summed E-state index contributed by atoms with van der Waals surface area (Å²) in [6.45, 7) is 0. The third-order valence-electron chi connectivity index (χ3n) is 2.27. The molecule has 0 aliphatic heterocycles. The number of hydrogen-bond donors (Lipinski definition) is 0. The topological polar surface area (TPSA) is 26.3 Å². The number of rotatable bonds is 4. The third kappa shape index (κ3) is 3.75. The zero-order valence-corrected chi connectivity index (χ0v) is 10.3. The zero-order valence-electron chi connectivity index (χ0n) is 9.55. The van der Waals surface area contributed by atoms with E-state index in [2.05, 4.69) is 0 Å². The lowest BCUT2D eigenvalue weighted by atomic mass is 10.2. The van der Waals surface area contributed by atoms with Crippen molar-refractivity contribution in [3.8, 4) is 11.5 Å². The molecule has 0 heterocycles. The number of hydrogen-bond acceptors (Lipinski definition) is 2. The minimum Gasteiger partial charge on any atom is -0.457 e. The molecule has 0 bridgehead atoms. The van der Waals surface area contributed by atoms with Gasteiger partial charge in [-0.2, -0.15) is 0 Å². The molecule has 2 nitrogen and oxygen atoms in total. The van der Waals surface area contributed by atoms with Crippen LogP contribution in [0.2, 0.25) is 0 Å². The van der Waals surface area contributed by atoms with E-state index in [4.69, 9.17) is 16.3 Å². The number of carbonyl (C=O) groups excluding carboxylic acids is 1. The Morgan fingerprint density at radius 1 is 0.944 bits per heavy atom. The van der Waals surface area contributed by atoms with Crippen LogP contribution in [0, 0.1) is 0 Å². The van der Waals surface area contributed by atoms with Crippen LogP contribution in [-0.2, 0) is 4.79 Å². The molecule has 0 fully saturated rings. The highest BCUT2D eigenvalue weighted by Crippen LogP contribution is 2.21. The Morgan fingerprint density at radius 3 is 2.17 bits per heavy atom. The molecule has 0 saturated carbocycles. The number of halogens is 1. The number of para-hydroxylation sites is 1. The summed E-state index contributed by atoms with van der Waals surface area (Å²) in [5.41, 5.74) is 0.893. The summed E-state index contributed by atoms with van der Waals surface area (Å²) in [6.07, 6.45) is 2.97. The Kier molecular flexibility index (Phi) is 4.15. The van der Waals surface area contributed by atoms with E-state index < -0.39 is 5.24 Å². The average molecular weight is 259 g/mol. The molecule has 0 N–H and O–H groups in total. The quantitative estimate of drug-likeness (QED) is 0.605. The predicted molar refractivity (Wildman–Crippen MR) is 72.9 cm³/mol. The standard InChI is InChI=1S/C15H11ClO2/c16-15(17)11-8-12-6-9-14(10-7-12)18-13-4-2-1-3-5-13/h1-11H. The Hall–Kier alpha value is -2.06. The maximum absolute atomic E-state index is 10.6. The average Bonchev–Trinajstić information content (AvgIpc) is 2.39. The Bertz CT molecular complexity index is 544. The van der Waals surface area contributed by atoms with Crippen LogP contribution < -0.4 is 4.74 Å². The summed E-state index contributed by atoms with van der Waals surface area (Å²) in [6, 6.07) is 16.9. The molecule has 0 aliphatic rings.